The first-order valence-electron chi connectivity index (χ1n) is 6.00. The van der Waals surface area contributed by atoms with Gasteiger partial charge in [-0.3, -0.25) is 0 Å². The first-order valence-corrected chi connectivity index (χ1v) is 6.00. The highest BCUT2D eigenvalue weighted by atomic mass is 16.5. The lowest BCUT2D eigenvalue weighted by Crippen LogP contribution is -2.35. The molecule has 0 atom stereocenters. The van der Waals surface area contributed by atoms with Crippen molar-refractivity contribution in [3.63, 3.8) is 0 Å². The van der Waals surface area contributed by atoms with Gasteiger partial charge >= 0.3 is 5.82 Å². The van der Waals surface area contributed by atoms with Gasteiger partial charge in [0, 0.05) is 13.0 Å². The Labute approximate surface area is 106 Å². The van der Waals surface area contributed by atoms with Gasteiger partial charge in [0.15, 0.2) is 5.69 Å². The highest BCUT2D eigenvalue weighted by molar-refractivity contribution is 5.79. The van der Waals surface area contributed by atoms with Crippen LogP contribution in [-0.4, -0.2) is 12.1 Å². The summed E-state index contributed by atoms with van der Waals surface area (Å²) in [6, 6.07) is 12.3. The van der Waals surface area contributed by atoms with Gasteiger partial charge < -0.3 is 4.74 Å². The van der Waals surface area contributed by atoms with Crippen molar-refractivity contribution < 1.29 is 9.30 Å². The minimum absolute atomic E-state index is 0.814. The topological polar surface area (TPSA) is 26.0 Å². The number of aromatic nitrogens is 2. The van der Waals surface area contributed by atoms with Crippen LogP contribution in [0.25, 0.3) is 11.5 Å². The van der Waals surface area contributed by atoms with E-state index in [0.29, 0.717) is 0 Å². The van der Waals surface area contributed by atoms with Crippen molar-refractivity contribution in [3.05, 3.63) is 59.7 Å². The summed E-state index contributed by atoms with van der Waals surface area (Å²) in [6.45, 7) is 2.01. The van der Waals surface area contributed by atoms with E-state index >= 15 is 0 Å². The van der Waals surface area contributed by atoms with Crippen LogP contribution >= 0.6 is 0 Å². The molecule has 0 aliphatic carbocycles. The van der Waals surface area contributed by atoms with E-state index in [1.165, 1.54) is 11.1 Å². The standard InChI is InChI=1S/C15H15N2O/c1-11-8-9-17-14(16-11)10-13(15(17)18-2)12-6-4-3-5-7-12/h3-9H,10H2,1-2H3/q+1. The van der Waals surface area contributed by atoms with E-state index < -0.39 is 0 Å². The second-order valence-electron chi connectivity index (χ2n) is 4.39. The highest BCUT2D eigenvalue weighted by Gasteiger charge is 2.31. The molecule has 18 heavy (non-hydrogen) atoms. The maximum Gasteiger partial charge on any atom is 0.310 e. The number of rotatable bonds is 2. The van der Waals surface area contributed by atoms with E-state index in [9.17, 15) is 0 Å². The highest BCUT2D eigenvalue weighted by Crippen LogP contribution is 2.27. The largest absolute Gasteiger partial charge is 0.465 e. The normalized spacial score (nSPS) is 13.7. The summed E-state index contributed by atoms with van der Waals surface area (Å²) < 4.78 is 7.57. The van der Waals surface area contributed by atoms with Crippen LogP contribution < -0.4 is 4.57 Å². The van der Waals surface area contributed by atoms with Crippen molar-refractivity contribution in [3.8, 4) is 0 Å². The fourth-order valence-corrected chi connectivity index (χ4v) is 2.34. The zero-order chi connectivity index (χ0) is 12.5. The zero-order valence-corrected chi connectivity index (χ0v) is 10.6. The van der Waals surface area contributed by atoms with Crippen LogP contribution in [0.5, 0.6) is 0 Å². The predicted octanol–water partition coefficient (Wildman–Crippen LogP) is 2.21. The third-order valence-corrected chi connectivity index (χ3v) is 3.18. The second-order valence-corrected chi connectivity index (χ2v) is 4.39. The van der Waals surface area contributed by atoms with Gasteiger partial charge in [0.2, 0.25) is 0 Å². The van der Waals surface area contributed by atoms with Crippen molar-refractivity contribution in [1.29, 1.82) is 0 Å². The number of aryl methyl sites for hydroxylation is 1. The lowest BCUT2D eigenvalue weighted by Gasteiger charge is -2.03. The molecular formula is C15H15N2O+. The number of hydrogen-bond acceptors (Lipinski definition) is 2. The molecule has 0 radical (unpaired) electrons. The van der Waals surface area contributed by atoms with Crippen molar-refractivity contribution in [2.75, 3.05) is 7.11 Å². The molecule has 0 saturated heterocycles. The lowest BCUT2D eigenvalue weighted by atomic mass is 10.0. The molecule has 0 spiro atoms. The van der Waals surface area contributed by atoms with Crippen LogP contribution in [0.15, 0.2) is 42.6 Å². The molecule has 0 N–H and O–H groups in total. The number of hydrogen-bond donors (Lipinski definition) is 0. The van der Waals surface area contributed by atoms with E-state index in [1.807, 2.05) is 42.0 Å². The molecule has 2 heterocycles. The minimum atomic E-state index is 0.814. The molecule has 0 amide bonds. The molecule has 1 aliphatic rings. The predicted molar refractivity (Wildman–Crippen MR) is 69.4 cm³/mol. The van der Waals surface area contributed by atoms with Gasteiger partial charge in [0.05, 0.1) is 19.1 Å². The Kier molecular flexibility index (Phi) is 2.59. The number of allylic oxidation sites excluding steroid dienone is 1. The van der Waals surface area contributed by atoms with Gasteiger partial charge in [-0.15, -0.1) is 0 Å². The van der Waals surface area contributed by atoms with E-state index in [2.05, 4.69) is 17.1 Å². The molecule has 1 aromatic heterocycles. The number of benzene rings is 1. The molecule has 3 nitrogen and oxygen atoms in total. The number of nitrogens with zero attached hydrogens (tertiary/aromatic N) is 2. The third kappa shape index (κ3) is 1.68. The van der Waals surface area contributed by atoms with Crippen LogP contribution in [0.2, 0.25) is 0 Å². The summed E-state index contributed by atoms with van der Waals surface area (Å²) in [5, 5.41) is 0. The molecule has 3 heteroatoms. The Morgan fingerprint density at radius 2 is 1.94 bits per heavy atom. The van der Waals surface area contributed by atoms with E-state index in [1.54, 1.807) is 7.11 Å². The van der Waals surface area contributed by atoms with Crippen LogP contribution in [0.1, 0.15) is 17.1 Å². The average molecular weight is 239 g/mol. The smallest absolute Gasteiger partial charge is 0.310 e. The van der Waals surface area contributed by atoms with Crippen molar-refractivity contribution in [1.82, 2.24) is 4.98 Å². The number of fused-ring (bicyclic) bond motifs is 1. The van der Waals surface area contributed by atoms with Gasteiger partial charge in [-0.2, -0.15) is 4.57 Å². The molecule has 0 bridgehead atoms. The molecular weight excluding hydrogens is 224 g/mol. The van der Waals surface area contributed by atoms with Crippen molar-refractivity contribution in [2.45, 2.75) is 13.3 Å². The van der Waals surface area contributed by atoms with E-state index in [-0.39, 0.29) is 0 Å². The fourth-order valence-electron chi connectivity index (χ4n) is 2.34. The Bertz CT molecular complexity index is 618. The van der Waals surface area contributed by atoms with Gasteiger partial charge in [-0.05, 0) is 5.56 Å². The Hall–Kier alpha value is -2.16. The first-order chi connectivity index (χ1) is 8.79. The summed E-state index contributed by atoms with van der Waals surface area (Å²) in [7, 11) is 1.71. The molecule has 2 aromatic rings. The quantitative estimate of drug-likeness (QED) is 0.751. The second kappa shape index (κ2) is 4.26. The molecule has 0 fully saturated rings. The molecule has 0 saturated carbocycles. The molecule has 1 aromatic carbocycles. The van der Waals surface area contributed by atoms with Gasteiger partial charge in [0.25, 0.3) is 5.88 Å². The van der Waals surface area contributed by atoms with Crippen LogP contribution in [0.3, 0.4) is 0 Å². The summed E-state index contributed by atoms with van der Waals surface area (Å²) in [5.74, 6) is 1.91. The SMILES string of the molecule is COC1=C(c2ccccc2)Cc2nc(C)cc[n+]21. The monoisotopic (exact) mass is 239 g/mol. The summed E-state index contributed by atoms with van der Waals surface area (Å²) in [4.78, 5) is 4.57. The minimum Gasteiger partial charge on any atom is -0.465 e. The van der Waals surface area contributed by atoms with E-state index in [4.69, 9.17) is 4.74 Å². The maximum absolute atomic E-state index is 5.55. The van der Waals surface area contributed by atoms with Gasteiger partial charge in [-0.1, -0.05) is 35.3 Å². The molecule has 0 unspecified atom stereocenters. The Morgan fingerprint density at radius 1 is 1.17 bits per heavy atom. The summed E-state index contributed by atoms with van der Waals surface area (Å²) in [6.07, 6.45) is 2.83. The molecule has 3 rings (SSSR count). The number of methoxy groups -OCH3 is 1. The first kappa shape index (κ1) is 11.0. The summed E-state index contributed by atoms with van der Waals surface area (Å²) >= 11 is 0. The van der Waals surface area contributed by atoms with E-state index in [0.717, 1.165) is 23.8 Å². The van der Waals surface area contributed by atoms with Crippen molar-refractivity contribution in [2.24, 2.45) is 0 Å². The lowest BCUT2D eigenvalue weighted by molar-refractivity contribution is -0.606. The Balaban J connectivity index is 2.12. The van der Waals surface area contributed by atoms with Crippen LogP contribution in [0, 0.1) is 6.92 Å². The van der Waals surface area contributed by atoms with Crippen molar-refractivity contribution >= 4 is 11.5 Å². The number of ether oxygens (including phenoxy) is 1. The summed E-state index contributed by atoms with van der Waals surface area (Å²) in [5.41, 5.74) is 3.42. The van der Waals surface area contributed by atoms with Gasteiger partial charge in [0.1, 0.15) is 6.20 Å². The average Bonchev–Trinajstić information content (AvgIpc) is 2.77. The third-order valence-electron chi connectivity index (χ3n) is 3.18. The fraction of sp³-hybridized carbons (Fsp3) is 0.200. The van der Waals surface area contributed by atoms with Crippen LogP contribution in [-0.2, 0) is 11.2 Å². The van der Waals surface area contributed by atoms with Gasteiger partial charge in [-0.25, -0.2) is 0 Å². The zero-order valence-electron chi connectivity index (χ0n) is 10.6. The van der Waals surface area contributed by atoms with Crippen LogP contribution in [0.4, 0.5) is 0 Å². The maximum atomic E-state index is 5.55. The molecule has 1 aliphatic heterocycles. The molecule has 90 valence electrons. The Morgan fingerprint density at radius 3 is 2.67 bits per heavy atom.